The summed E-state index contributed by atoms with van der Waals surface area (Å²) in [6, 6.07) is 9.15. The summed E-state index contributed by atoms with van der Waals surface area (Å²) in [6.45, 7) is 4.87. The average Bonchev–Trinajstić information content (AvgIpc) is 2.68. The average molecular weight is 341 g/mol. The highest BCUT2D eigenvalue weighted by Gasteiger charge is 2.21. The molecule has 7 nitrogen and oxygen atoms in total. The molecule has 0 unspecified atom stereocenters. The van der Waals surface area contributed by atoms with Gasteiger partial charge in [0.15, 0.2) is 0 Å². The molecule has 0 aliphatic carbocycles. The highest BCUT2D eigenvalue weighted by atomic mass is 16.5. The van der Waals surface area contributed by atoms with Gasteiger partial charge >= 0.3 is 0 Å². The van der Waals surface area contributed by atoms with Crippen LogP contribution in [0.1, 0.15) is 29.5 Å². The zero-order chi connectivity index (χ0) is 17.6. The Morgan fingerprint density at radius 3 is 2.56 bits per heavy atom. The van der Waals surface area contributed by atoms with Gasteiger partial charge in [0.2, 0.25) is 11.9 Å². The maximum Gasteiger partial charge on any atom is 0.260 e. The normalized spacial score (nSPS) is 14.4. The van der Waals surface area contributed by atoms with Crippen molar-refractivity contribution in [3.63, 3.8) is 0 Å². The van der Waals surface area contributed by atoms with Crippen molar-refractivity contribution in [1.82, 2.24) is 15.0 Å². The Morgan fingerprint density at radius 2 is 1.88 bits per heavy atom. The Morgan fingerprint density at radius 1 is 1.16 bits per heavy atom. The number of morpholine rings is 1. The summed E-state index contributed by atoms with van der Waals surface area (Å²) < 4.78 is 5.40. The first kappa shape index (κ1) is 17.3. The topological polar surface area (TPSA) is 71.5 Å². The number of ether oxygens (including phenoxy) is 1. The van der Waals surface area contributed by atoms with E-state index in [9.17, 15) is 4.79 Å². The van der Waals surface area contributed by atoms with Crippen molar-refractivity contribution in [2.45, 2.75) is 19.8 Å². The van der Waals surface area contributed by atoms with Gasteiger partial charge in [-0.05, 0) is 18.6 Å². The summed E-state index contributed by atoms with van der Waals surface area (Å²) in [7, 11) is 1.70. The molecule has 1 aromatic heterocycles. The molecule has 25 heavy (non-hydrogen) atoms. The van der Waals surface area contributed by atoms with Gasteiger partial charge in [0.25, 0.3) is 5.91 Å². The second-order valence-corrected chi connectivity index (χ2v) is 5.93. The molecular weight excluding hydrogens is 318 g/mol. The number of amides is 1. The smallest absolute Gasteiger partial charge is 0.260 e. The van der Waals surface area contributed by atoms with Crippen LogP contribution in [0.3, 0.4) is 0 Å². The van der Waals surface area contributed by atoms with Crippen LogP contribution in [0.2, 0.25) is 0 Å². The monoisotopic (exact) mass is 341 g/mol. The molecule has 7 heteroatoms. The summed E-state index contributed by atoms with van der Waals surface area (Å²) in [6.07, 6.45) is 1.68. The molecule has 1 amide bonds. The maximum absolute atomic E-state index is 12.7. The SMILES string of the molecule is CCCc1nc(N2CCOCC2)nc(N(C)C(=O)c2ccccc2)n1. The van der Waals surface area contributed by atoms with Crippen LogP contribution in [0.4, 0.5) is 11.9 Å². The Kier molecular flexibility index (Phi) is 5.55. The van der Waals surface area contributed by atoms with E-state index < -0.39 is 0 Å². The van der Waals surface area contributed by atoms with Crippen molar-refractivity contribution in [2.24, 2.45) is 0 Å². The third kappa shape index (κ3) is 4.11. The van der Waals surface area contributed by atoms with E-state index in [0.717, 1.165) is 25.9 Å². The van der Waals surface area contributed by atoms with E-state index in [1.54, 1.807) is 19.2 Å². The molecule has 1 fully saturated rings. The molecule has 0 radical (unpaired) electrons. The van der Waals surface area contributed by atoms with Crippen LogP contribution in [0, 0.1) is 0 Å². The van der Waals surface area contributed by atoms with Gasteiger partial charge in [0.05, 0.1) is 13.2 Å². The molecule has 3 rings (SSSR count). The number of anilines is 2. The first-order valence-electron chi connectivity index (χ1n) is 8.59. The molecule has 0 atom stereocenters. The van der Waals surface area contributed by atoms with E-state index in [1.165, 1.54) is 4.90 Å². The lowest BCUT2D eigenvalue weighted by atomic mass is 10.2. The number of hydrogen-bond acceptors (Lipinski definition) is 6. The van der Waals surface area contributed by atoms with Gasteiger partial charge in [-0.15, -0.1) is 0 Å². The Balaban J connectivity index is 1.90. The molecule has 0 bridgehead atoms. The summed E-state index contributed by atoms with van der Waals surface area (Å²) in [5.41, 5.74) is 0.607. The molecular formula is C18H23N5O2. The summed E-state index contributed by atoms with van der Waals surface area (Å²) >= 11 is 0. The third-order valence-electron chi connectivity index (χ3n) is 4.05. The largest absolute Gasteiger partial charge is 0.378 e. The quantitative estimate of drug-likeness (QED) is 0.828. The lowest BCUT2D eigenvalue weighted by molar-refractivity contribution is 0.0991. The van der Waals surface area contributed by atoms with Gasteiger partial charge in [-0.25, -0.2) is 0 Å². The highest BCUT2D eigenvalue weighted by Crippen LogP contribution is 2.17. The molecule has 2 heterocycles. The van der Waals surface area contributed by atoms with Crippen LogP contribution in [0.5, 0.6) is 0 Å². The second kappa shape index (κ2) is 8.02. The molecule has 1 aliphatic heterocycles. The Bertz CT molecular complexity index is 717. The van der Waals surface area contributed by atoms with Crippen LogP contribution in [-0.4, -0.2) is 54.2 Å². The van der Waals surface area contributed by atoms with Gasteiger partial charge in [0, 0.05) is 32.1 Å². The van der Waals surface area contributed by atoms with E-state index in [1.807, 2.05) is 18.2 Å². The minimum absolute atomic E-state index is 0.137. The van der Waals surface area contributed by atoms with Gasteiger partial charge in [0.1, 0.15) is 5.82 Å². The van der Waals surface area contributed by atoms with Gasteiger partial charge in [-0.3, -0.25) is 9.69 Å². The Hall–Kier alpha value is -2.54. The van der Waals surface area contributed by atoms with Crippen LogP contribution >= 0.6 is 0 Å². The fraction of sp³-hybridized carbons (Fsp3) is 0.444. The highest BCUT2D eigenvalue weighted by molar-refractivity contribution is 6.04. The van der Waals surface area contributed by atoms with Gasteiger partial charge < -0.3 is 9.64 Å². The second-order valence-electron chi connectivity index (χ2n) is 5.93. The van der Waals surface area contributed by atoms with Crippen molar-refractivity contribution in [3.8, 4) is 0 Å². The van der Waals surface area contributed by atoms with Crippen molar-refractivity contribution >= 4 is 17.8 Å². The van der Waals surface area contributed by atoms with Crippen molar-refractivity contribution in [3.05, 3.63) is 41.7 Å². The molecule has 1 aromatic carbocycles. The minimum Gasteiger partial charge on any atom is -0.378 e. The first-order chi connectivity index (χ1) is 12.2. The zero-order valence-corrected chi connectivity index (χ0v) is 14.7. The number of aryl methyl sites for hydroxylation is 1. The summed E-state index contributed by atoms with van der Waals surface area (Å²) in [4.78, 5) is 29.9. The summed E-state index contributed by atoms with van der Waals surface area (Å²) in [5.74, 6) is 1.57. The van der Waals surface area contributed by atoms with Crippen LogP contribution in [-0.2, 0) is 11.2 Å². The van der Waals surface area contributed by atoms with Crippen LogP contribution < -0.4 is 9.80 Å². The number of rotatable bonds is 5. The van der Waals surface area contributed by atoms with E-state index in [-0.39, 0.29) is 5.91 Å². The predicted molar refractivity (Wildman–Crippen MR) is 96.0 cm³/mol. The lowest BCUT2D eigenvalue weighted by Crippen LogP contribution is -2.38. The number of benzene rings is 1. The standard InChI is InChI=1S/C18H23N5O2/c1-3-7-15-19-17(21-18(20-15)23-10-12-25-13-11-23)22(2)16(24)14-8-5-4-6-9-14/h4-6,8-9H,3,7,10-13H2,1-2H3. The molecule has 132 valence electrons. The van der Waals surface area contributed by atoms with Crippen LogP contribution in [0.25, 0.3) is 0 Å². The van der Waals surface area contributed by atoms with Gasteiger partial charge in [-0.2, -0.15) is 15.0 Å². The fourth-order valence-electron chi connectivity index (χ4n) is 2.65. The third-order valence-corrected chi connectivity index (χ3v) is 4.05. The van der Waals surface area contributed by atoms with Crippen molar-refractivity contribution in [1.29, 1.82) is 0 Å². The van der Waals surface area contributed by atoms with E-state index in [2.05, 4.69) is 26.8 Å². The van der Waals surface area contributed by atoms with Crippen molar-refractivity contribution in [2.75, 3.05) is 43.2 Å². The van der Waals surface area contributed by atoms with E-state index >= 15 is 0 Å². The zero-order valence-electron chi connectivity index (χ0n) is 14.7. The first-order valence-corrected chi connectivity index (χ1v) is 8.59. The molecule has 1 aliphatic rings. The van der Waals surface area contributed by atoms with Crippen molar-refractivity contribution < 1.29 is 9.53 Å². The Labute approximate surface area is 147 Å². The molecule has 1 saturated heterocycles. The molecule has 0 N–H and O–H groups in total. The van der Waals surface area contributed by atoms with E-state index in [0.29, 0.717) is 36.5 Å². The van der Waals surface area contributed by atoms with E-state index in [4.69, 9.17) is 4.74 Å². The number of nitrogens with zero attached hydrogens (tertiary/aromatic N) is 5. The predicted octanol–water partition coefficient (Wildman–Crippen LogP) is 1.94. The molecule has 0 saturated carbocycles. The van der Waals surface area contributed by atoms with Gasteiger partial charge in [-0.1, -0.05) is 25.1 Å². The number of aromatic nitrogens is 3. The number of carbonyl (C=O) groups is 1. The molecule has 2 aromatic rings. The fourth-order valence-corrected chi connectivity index (χ4v) is 2.65. The van der Waals surface area contributed by atoms with Crippen LogP contribution in [0.15, 0.2) is 30.3 Å². The number of carbonyl (C=O) groups excluding carboxylic acids is 1. The lowest BCUT2D eigenvalue weighted by Gasteiger charge is -2.27. The summed E-state index contributed by atoms with van der Waals surface area (Å²) in [5, 5.41) is 0. The molecule has 0 spiro atoms. The number of hydrogen-bond donors (Lipinski definition) is 0. The minimum atomic E-state index is -0.137. The maximum atomic E-state index is 12.7.